The summed E-state index contributed by atoms with van der Waals surface area (Å²) in [4.78, 5) is 71.6. The number of rotatable bonds is 9. The van der Waals surface area contributed by atoms with E-state index >= 15 is 4.79 Å². The minimum atomic E-state index is -1.60. The molecule has 4 aliphatic rings. The second-order valence-electron chi connectivity index (χ2n) is 14.4. The van der Waals surface area contributed by atoms with Gasteiger partial charge in [-0.25, -0.2) is 9.18 Å². The normalized spacial score (nSPS) is 25.3. The predicted molar refractivity (Wildman–Crippen MR) is 206 cm³/mol. The largest absolute Gasteiger partial charge is 0.502 e. The number of carbonyl (C=O) groups is 5. The quantitative estimate of drug-likeness (QED) is 0.124. The number of phenols is 1. The number of benzene rings is 4. The molecule has 0 aromatic heterocycles. The first-order valence-electron chi connectivity index (χ1n) is 18.1. The van der Waals surface area contributed by atoms with E-state index < -0.39 is 70.4 Å². The summed E-state index contributed by atoms with van der Waals surface area (Å²) in [5.41, 5.74) is 3.29. The second kappa shape index (κ2) is 14.2. The number of nitrogens with zero attached hydrogens (tertiary/aromatic N) is 2. The average molecular weight is 792 g/mol. The molecule has 1 saturated carbocycles. The smallest absolute Gasteiger partial charge is 0.335 e. The van der Waals surface area contributed by atoms with Crippen LogP contribution in [0.4, 0.5) is 15.8 Å². The number of carboxylic acid groups (broad SMARTS) is 1. The predicted octanol–water partition coefficient (Wildman–Crippen LogP) is 6.64. The summed E-state index contributed by atoms with van der Waals surface area (Å²) in [5, 5.41) is 21.6. The molecule has 3 N–H and O–H groups in total. The number of nitrogens with one attached hydrogen (secondary N) is 1. The fraction of sp³-hybridized carbons (Fsp3) is 0.233. The van der Waals surface area contributed by atoms with Crippen LogP contribution >= 0.6 is 11.6 Å². The number of hydrogen-bond donors (Lipinski definition) is 3. The highest BCUT2D eigenvalue weighted by atomic mass is 35.5. The van der Waals surface area contributed by atoms with Gasteiger partial charge in [-0.3, -0.25) is 29.5 Å². The van der Waals surface area contributed by atoms with Crippen molar-refractivity contribution in [2.75, 3.05) is 24.5 Å². The monoisotopic (exact) mass is 791 g/mol. The molecule has 4 amide bonds. The molecule has 8 rings (SSSR count). The fourth-order valence-electron chi connectivity index (χ4n) is 9.15. The molecule has 0 spiro atoms. The molecular weight excluding hydrogens is 757 g/mol. The van der Waals surface area contributed by atoms with Crippen molar-refractivity contribution in [1.29, 1.82) is 0 Å². The van der Waals surface area contributed by atoms with Crippen LogP contribution in [0.25, 0.3) is 6.08 Å². The van der Waals surface area contributed by atoms with Crippen LogP contribution in [0.5, 0.6) is 17.2 Å². The number of allylic oxidation sites excluding steroid dienone is 3. The van der Waals surface area contributed by atoms with Gasteiger partial charge in [0, 0.05) is 10.9 Å². The van der Waals surface area contributed by atoms with Gasteiger partial charge in [-0.2, -0.15) is 5.01 Å². The third-order valence-electron chi connectivity index (χ3n) is 11.7. The Labute approximate surface area is 330 Å². The maximum atomic E-state index is 15.3. The van der Waals surface area contributed by atoms with Crippen molar-refractivity contribution in [2.45, 2.75) is 18.3 Å². The molecule has 14 heteroatoms. The van der Waals surface area contributed by atoms with Crippen molar-refractivity contribution < 1.29 is 48.0 Å². The van der Waals surface area contributed by atoms with Crippen molar-refractivity contribution >= 4 is 58.6 Å². The molecule has 6 atom stereocenters. The molecule has 2 saturated heterocycles. The van der Waals surface area contributed by atoms with Gasteiger partial charge in [0.2, 0.25) is 17.6 Å². The highest BCUT2D eigenvalue weighted by Crippen LogP contribution is 2.62. The number of carboxylic acids is 1. The highest BCUT2D eigenvalue weighted by Gasteiger charge is 2.69. The number of anilines is 2. The average Bonchev–Trinajstić information content (AvgIpc) is 3.59. The minimum Gasteiger partial charge on any atom is -0.502 e. The molecular formula is C43H35ClFN3O9. The van der Waals surface area contributed by atoms with E-state index in [2.05, 4.69) is 5.43 Å². The fourth-order valence-corrected chi connectivity index (χ4v) is 9.28. The standard InChI is InChI=1S/C43H35ClFN3O9/c1-56-34-18-22(19-35(57-2)37(34)49)6-17-32-29-15-16-30-36(40(52)47(38(30)50)28-5-3-4-23(20-28)41(53)54)31(29)21-33-39(51)48(46-27-13-11-26(45)12-14-27)42(55)43(32,33)24-7-9-25(44)10-8-24/h3-15,17-20,30-33,36,46,49H,16,21H2,1-2H3,(H,53,54)/t30-,31+,32-,33-,36-,43-/m0/s1. The highest BCUT2D eigenvalue weighted by molar-refractivity contribution is 6.30. The summed E-state index contributed by atoms with van der Waals surface area (Å²) in [6.07, 6.45) is 5.53. The first-order valence-corrected chi connectivity index (χ1v) is 18.5. The van der Waals surface area contributed by atoms with E-state index in [0.29, 0.717) is 21.7 Å². The number of methoxy groups -OCH3 is 2. The van der Waals surface area contributed by atoms with Crippen LogP contribution in [0.1, 0.15) is 34.3 Å². The molecule has 0 unspecified atom stereocenters. The molecule has 4 aromatic carbocycles. The lowest BCUT2D eigenvalue weighted by molar-refractivity contribution is -0.139. The van der Waals surface area contributed by atoms with E-state index in [4.69, 9.17) is 21.1 Å². The number of halogens is 2. The van der Waals surface area contributed by atoms with Gasteiger partial charge in [-0.05, 0) is 96.6 Å². The molecule has 0 radical (unpaired) electrons. The van der Waals surface area contributed by atoms with Crippen LogP contribution in [-0.4, -0.2) is 59.0 Å². The third kappa shape index (κ3) is 5.92. The van der Waals surface area contributed by atoms with Gasteiger partial charge in [0.05, 0.1) is 54.3 Å². The first kappa shape index (κ1) is 37.5. The third-order valence-corrected chi connectivity index (χ3v) is 11.9. The summed E-state index contributed by atoms with van der Waals surface area (Å²) >= 11 is 6.36. The summed E-state index contributed by atoms with van der Waals surface area (Å²) < 4.78 is 24.7. The second-order valence-corrected chi connectivity index (χ2v) is 14.9. The van der Waals surface area contributed by atoms with Gasteiger partial charge in [-0.15, -0.1) is 0 Å². The molecule has 290 valence electrons. The number of fused-ring (bicyclic) bond motifs is 4. The van der Waals surface area contributed by atoms with Gasteiger partial charge in [-0.1, -0.05) is 53.6 Å². The van der Waals surface area contributed by atoms with Crippen molar-refractivity contribution in [1.82, 2.24) is 5.01 Å². The number of aromatic carboxylic acids is 1. The Hall–Kier alpha value is -6.47. The topological polar surface area (TPSA) is 163 Å². The molecule has 4 aromatic rings. The summed E-state index contributed by atoms with van der Waals surface area (Å²) in [6, 6.07) is 20.6. The molecule has 12 nitrogen and oxygen atoms in total. The van der Waals surface area contributed by atoms with E-state index in [9.17, 15) is 33.8 Å². The Morgan fingerprint density at radius 3 is 2.25 bits per heavy atom. The van der Waals surface area contributed by atoms with Crippen molar-refractivity contribution in [3.63, 3.8) is 0 Å². The van der Waals surface area contributed by atoms with Gasteiger partial charge in [0.1, 0.15) is 5.82 Å². The number of hydrazine groups is 1. The first-order chi connectivity index (χ1) is 27.4. The van der Waals surface area contributed by atoms with Crippen molar-refractivity contribution in [3.05, 3.63) is 130 Å². The SMILES string of the molecule is COc1cc(C=C[C@H]2C3=CC[C@@H]4C(=O)N(c5cccc(C(=O)O)c5)C(=O)[C@@H]4[C@@H]3C[C@H]3C(=O)N(Nc4ccc(F)cc4)C(=O)[C@@]23c2ccc(Cl)cc2)cc(OC)c1O. The summed E-state index contributed by atoms with van der Waals surface area (Å²) in [6.45, 7) is 0. The summed E-state index contributed by atoms with van der Waals surface area (Å²) in [5.74, 6) is -8.28. The Morgan fingerprint density at radius 1 is 0.912 bits per heavy atom. The molecule has 3 fully saturated rings. The number of amides is 4. The molecule has 57 heavy (non-hydrogen) atoms. The van der Waals surface area contributed by atoms with Gasteiger partial charge in [0.25, 0.3) is 11.8 Å². The lowest BCUT2D eigenvalue weighted by Crippen LogP contribution is -2.54. The van der Waals surface area contributed by atoms with Crippen LogP contribution in [0.2, 0.25) is 5.02 Å². The van der Waals surface area contributed by atoms with Gasteiger partial charge >= 0.3 is 5.97 Å². The van der Waals surface area contributed by atoms with Crippen LogP contribution in [-0.2, 0) is 24.6 Å². The van der Waals surface area contributed by atoms with Crippen LogP contribution in [0, 0.1) is 35.4 Å². The lowest BCUT2D eigenvalue weighted by Gasteiger charge is -2.49. The van der Waals surface area contributed by atoms with Gasteiger partial charge in [0.15, 0.2) is 11.5 Å². The van der Waals surface area contributed by atoms with E-state index in [1.807, 2.05) is 6.08 Å². The van der Waals surface area contributed by atoms with Crippen LogP contribution < -0.4 is 19.8 Å². The molecule has 2 aliphatic heterocycles. The van der Waals surface area contributed by atoms with Gasteiger partial charge < -0.3 is 19.7 Å². The maximum absolute atomic E-state index is 15.3. The number of phenolic OH excluding ortho intramolecular Hbond substituents is 1. The van der Waals surface area contributed by atoms with Crippen molar-refractivity contribution in [2.24, 2.45) is 29.6 Å². The molecule has 2 aliphatic carbocycles. The zero-order valence-corrected chi connectivity index (χ0v) is 31.3. The number of imide groups is 2. The Balaban J connectivity index is 1.30. The zero-order valence-electron chi connectivity index (χ0n) is 30.5. The minimum absolute atomic E-state index is 0.00895. The molecule has 0 bridgehead atoms. The Morgan fingerprint density at radius 2 is 1.60 bits per heavy atom. The maximum Gasteiger partial charge on any atom is 0.335 e. The summed E-state index contributed by atoms with van der Waals surface area (Å²) in [7, 11) is 2.79. The van der Waals surface area contributed by atoms with E-state index in [1.54, 1.807) is 48.6 Å². The number of hydrogen-bond acceptors (Lipinski definition) is 9. The van der Waals surface area contributed by atoms with Crippen LogP contribution in [0.3, 0.4) is 0 Å². The number of aromatic hydroxyl groups is 1. The van der Waals surface area contributed by atoms with E-state index in [-0.39, 0.29) is 47.0 Å². The van der Waals surface area contributed by atoms with E-state index in [1.165, 1.54) is 62.8 Å². The number of carbonyl (C=O) groups excluding carboxylic acids is 4. The Kier molecular flexibility index (Phi) is 9.35. The lowest BCUT2D eigenvalue weighted by atomic mass is 9.50. The van der Waals surface area contributed by atoms with E-state index in [0.717, 1.165) is 9.91 Å². The van der Waals surface area contributed by atoms with Crippen molar-refractivity contribution in [3.8, 4) is 17.2 Å². The zero-order chi connectivity index (χ0) is 40.3. The number of ether oxygens (including phenoxy) is 2. The molecule has 2 heterocycles. The Bertz CT molecular complexity index is 2390. The van der Waals surface area contributed by atoms with Crippen LogP contribution in [0.15, 0.2) is 103 Å².